The number of para-hydroxylation sites is 2. The van der Waals surface area contributed by atoms with Crippen molar-refractivity contribution in [1.82, 2.24) is 35.4 Å². The maximum Gasteiger partial charge on any atom is 0.269 e. The molecule has 3 aromatic carbocycles. The summed E-state index contributed by atoms with van der Waals surface area (Å²) in [4.78, 5) is 23.0. The van der Waals surface area contributed by atoms with Crippen molar-refractivity contribution in [3.63, 3.8) is 0 Å². The quantitative estimate of drug-likeness (QED) is 0.133. The van der Waals surface area contributed by atoms with Crippen molar-refractivity contribution in [2.24, 2.45) is 5.10 Å². The van der Waals surface area contributed by atoms with E-state index in [4.69, 9.17) is 0 Å². The fraction of sp³-hybridized carbons (Fsp3) is 0.0400. The van der Waals surface area contributed by atoms with Gasteiger partial charge in [0.05, 0.1) is 28.3 Å². The molecule has 5 aromatic rings. The van der Waals surface area contributed by atoms with Crippen molar-refractivity contribution in [2.45, 2.75) is 5.16 Å². The summed E-state index contributed by atoms with van der Waals surface area (Å²) in [5, 5.41) is 31.9. The standard InChI is InChI=1S/C25H19N9O3S/c35-23(17-38-25-28-30-31-33(25)21-9-5-2-6-10-21)27-26-15-19-16-32(20-7-3-1-4-8-20)29-24(19)18-11-13-22(14-12-18)34(36)37/h1-16H,17H2,(H,27,35). The zero-order chi connectivity index (χ0) is 26.3. The van der Waals surface area contributed by atoms with Gasteiger partial charge in [0.1, 0.15) is 5.69 Å². The van der Waals surface area contributed by atoms with Gasteiger partial charge >= 0.3 is 0 Å². The normalized spacial score (nSPS) is 11.1. The number of aromatic nitrogens is 6. The van der Waals surface area contributed by atoms with Crippen LogP contribution in [0.5, 0.6) is 0 Å². The maximum atomic E-state index is 12.5. The number of benzene rings is 3. The third-order valence-electron chi connectivity index (χ3n) is 5.28. The van der Waals surface area contributed by atoms with Gasteiger partial charge in [0.2, 0.25) is 5.16 Å². The SMILES string of the molecule is O=C(CSc1nnnn1-c1ccccc1)NN=Cc1cn(-c2ccccc2)nc1-c1ccc([N+](=O)[O-])cc1. The summed E-state index contributed by atoms with van der Waals surface area (Å²) in [7, 11) is 0. The molecule has 1 amide bonds. The first-order valence-electron chi connectivity index (χ1n) is 11.3. The summed E-state index contributed by atoms with van der Waals surface area (Å²) in [6, 6.07) is 24.9. The van der Waals surface area contributed by atoms with Crippen LogP contribution >= 0.6 is 11.8 Å². The van der Waals surface area contributed by atoms with Crippen molar-refractivity contribution >= 4 is 29.6 Å². The van der Waals surface area contributed by atoms with Gasteiger partial charge in [0.15, 0.2) is 0 Å². The molecule has 1 N–H and O–H groups in total. The van der Waals surface area contributed by atoms with Crippen LogP contribution in [0.15, 0.2) is 101 Å². The number of tetrazole rings is 1. The van der Waals surface area contributed by atoms with Crippen molar-refractivity contribution < 1.29 is 9.72 Å². The fourth-order valence-electron chi connectivity index (χ4n) is 3.50. The molecule has 5 rings (SSSR count). The molecule has 188 valence electrons. The number of nitrogens with zero attached hydrogens (tertiary/aromatic N) is 8. The molecule has 12 nitrogen and oxygen atoms in total. The number of carbonyl (C=O) groups is 1. The highest BCUT2D eigenvalue weighted by Gasteiger charge is 2.14. The number of non-ortho nitro benzene ring substituents is 1. The Kier molecular flexibility index (Phi) is 7.27. The minimum atomic E-state index is -0.458. The summed E-state index contributed by atoms with van der Waals surface area (Å²) in [6.07, 6.45) is 3.25. The van der Waals surface area contributed by atoms with Crippen molar-refractivity contribution in [1.29, 1.82) is 0 Å². The molecule has 38 heavy (non-hydrogen) atoms. The van der Waals surface area contributed by atoms with Gasteiger partial charge < -0.3 is 0 Å². The summed E-state index contributed by atoms with van der Waals surface area (Å²) >= 11 is 1.18. The second-order valence-electron chi connectivity index (χ2n) is 7.81. The highest BCUT2D eigenvalue weighted by Crippen LogP contribution is 2.25. The zero-order valence-corrected chi connectivity index (χ0v) is 20.5. The van der Waals surface area contributed by atoms with Crippen LogP contribution in [0, 0.1) is 10.1 Å². The van der Waals surface area contributed by atoms with Crippen molar-refractivity contribution in [3.05, 3.63) is 107 Å². The zero-order valence-electron chi connectivity index (χ0n) is 19.7. The smallest absolute Gasteiger partial charge is 0.269 e. The number of nitro benzene ring substituents is 1. The van der Waals surface area contributed by atoms with E-state index >= 15 is 0 Å². The molecule has 0 aliphatic heterocycles. The number of nitro groups is 1. The van der Waals surface area contributed by atoms with Gasteiger partial charge in [-0.25, -0.2) is 10.1 Å². The molecular formula is C25H19N9O3S. The van der Waals surface area contributed by atoms with Crippen molar-refractivity contribution in [2.75, 3.05) is 5.75 Å². The Morgan fingerprint density at radius 2 is 1.68 bits per heavy atom. The average molecular weight is 526 g/mol. The molecule has 0 fully saturated rings. The monoisotopic (exact) mass is 525 g/mol. The van der Waals surface area contributed by atoms with E-state index in [1.54, 1.807) is 27.7 Å². The minimum Gasteiger partial charge on any atom is -0.272 e. The number of amides is 1. The number of thioether (sulfide) groups is 1. The van der Waals surface area contributed by atoms with Gasteiger partial charge in [0, 0.05) is 29.5 Å². The van der Waals surface area contributed by atoms with Gasteiger partial charge in [-0.3, -0.25) is 14.9 Å². The van der Waals surface area contributed by atoms with Crippen LogP contribution in [0.4, 0.5) is 5.69 Å². The Morgan fingerprint density at radius 1 is 1.00 bits per heavy atom. The number of rotatable bonds is 9. The second kappa shape index (κ2) is 11.3. The molecular weight excluding hydrogens is 506 g/mol. The molecule has 0 bridgehead atoms. The van der Waals surface area contributed by atoms with Crippen LogP contribution in [0.2, 0.25) is 0 Å². The summed E-state index contributed by atoms with van der Waals surface area (Å²) in [6.45, 7) is 0. The Hall–Kier alpha value is -5.17. The molecule has 0 saturated heterocycles. The van der Waals surface area contributed by atoms with E-state index in [1.165, 1.54) is 30.1 Å². The van der Waals surface area contributed by atoms with Crippen LogP contribution in [0.25, 0.3) is 22.6 Å². The molecule has 13 heteroatoms. The second-order valence-corrected chi connectivity index (χ2v) is 8.75. The lowest BCUT2D eigenvalue weighted by Crippen LogP contribution is -2.20. The maximum absolute atomic E-state index is 12.5. The fourth-order valence-corrected chi connectivity index (χ4v) is 4.18. The van der Waals surface area contributed by atoms with Gasteiger partial charge in [-0.2, -0.15) is 14.9 Å². The van der Waals surface area contributed by atoms with E-state index in [9.17, 15) is 14.9 Å². The third kappa shape index (κ3) is 5.63. The third-order valence-corrected chi connectivity index (χ3v) is 6.20. The first-order valence-corrected chi connectivity index (χ1v) is 12.3. The Balaban J connectivity index is 1.30. The number of nitrogens with one attached hydrogen (secondary N) is 1. The topological polar surface area (TPSA) is 146 Å². The van der Waals surface area contributed by atoms with Gasteiger partial charge in [-0.05, 0) is 46.8 Å². The number of hydrazone groups is 1. The minimum absolute atomic E-state index is 0.0190. The van der Waals surface area contributed by atoms with E-state index in [0.717, 1.165) is 11.4 Å². The summed E-state index contributed by atoms with van der Waals surface area (Å²) in [5.41, 5.74) is 5.94. The molecule has 2 heterocycles. The van der Waals surface area contributed by atoms with E-state index in [1.807, 2.05) is 60.7 Å². The Bertz CT molecular complexity index is 1580. The highest BCUT2D eigenvalue weighted by atomic mass is 32.2. The van der Waals surface area contributed by atoms with E-state index in [-0.39, 0.29) is 17.3 Å². The first kappa shape index (κ1) is 24.5. The molecule has 0 unspecified atom stereocenters. The van der Waals surface area contributed by atoms with Crippen LogP contribution in [-0.4, -0.2) is 52.8 Å². The molecule has 0 saturated carbocycles. The van der Waals surface area contributed by atoms with Crippen LogP contribution < -0.4 is 5.43 Å². The van der Waals surface area contributed by atoms with Crippen LogP contribution in [0.1, 0.15) is 5.56 Å². The van der Waals surface area contributed by atoms with Gasteiger partial charge in [0.25, 0.3) is 11.6 Å². The van der Waals surface area contributed by atoms with Crippen LogP contribution in [0.3, 0.4) is 0 Å². The largest absolute Gasteiger partial charge is 0.272 e. The number of hydrogen-bond acceptors (Lipinski definition) is 9. The average Bonchev–Trinajstić information content (AvgIpc) is 3.60. The summed E-state index contributed by atoms with van der Waals surface area (Å²) in [5.74, 6) is -0.301. The van der Waals surface area contributed by atoms with Gasteiger partial charge in [-0.15, -0.1) is 5.10 Å². The van der Waals surface area contributed by atoms with E-state index in [0.29, 0.717) is 22.0 Å². The molecule has 0 aliphatic rings. The lowest BCUT2D eigenvalue weighted by atomic mass is 10.1. The molecule has 2 aromatic heterocycles. The highest BCUT2D eigenvalue weighted by molar-refractivity contribution is 7.99. The number of carbonyl (C=O) groups excluding carboxylic acids is 1. The van der Waals surface area contributed by atoms with Crippen molar-refractivity contribution in [3.8, 4) is 22.6 Å². The molecule has 0 atom stereocenters. The van der Waals surface area contributed by atoms with E-state index < -0.39 is 4.92 Å². The Morgan fingerprint density at radius 3 is 2.37 bits per heavy atom. The first-order chi connectivity index (χ1) is 18.6. The molecule has 0 spiro atoms. The lowest BCUT2D eigenvalue weighted by Gasteiger charge is -2.03. The Labute approximate surface area is 220 Å². The van der Waals surface area contributed by atoms with Crippen LogP contribution in [-0.2, 0) is 4.79 Å². The predicted octanol–water partition coefficient (Wildman–Crippen LogP) is 3.67. The van der Waals surface area contributed by atoms with Gasteiger partial charge in [-0.1, -0.05) is 48.2 Å². The number of hydrogen-bond donors (Lipinski definition) is 1. The lowest BCUT2D eigenvalue weighted by molar-refractivity contribution is -0.384. The summed E-state index contributed by atoms with van der Waals surface area (Å²) < 4.78 is 3.23. The van der Waals surface area contributed by atoms with E-state index in [2.05, 4.69) is 31.2 Å². The molecule has 0 radical (unpaired) electrons. The predicted molar refractivity (Wildman–Crippen MR) is 141 cm³/mol. The molecule has 0 aliphatic carbocycles.